The van der Waals surface area contributed by atoms with E-state index in [4.69, 9.17) is 0 Å². The predicted octanol–water partition coefficient (Wildman–Crippen LogP) is 1.71. The molecule has 1 aliphatic rings. The van der Waals surface area contributed by atoms with E-state index >= 15 is 0 Å². The Hall–Kier alpha value is -1.25. The maximum atomic E-state index is 11.7. The fourth-order valence-electron chi connectivity index (χ4n) is 1.73. The molecule has 0 unspecified atom stereocenters. The van der Waals surface area contributed by atoms with Crippen molar-refractivity contribution in [2.45, 2.75) is 34.1 Å². The molecule has 15 heavy (non-hydrogen) atoms. The average Bonchev–Trinajstić information content (AvgIpc) is 2.30. The van der Waals surface area contributed by atoms with Crippen molar-refractivity contribution in [1.82, 2.24) is 0 Å². The van der Waals surface area contributed by atoms with Gasteiger partial charge in [0.25, 0.3) is 0 Å². The summed E-state index contributed by atoms with van der Waals surface area (Å²) in [6.07, 6.45) is 0.294. The minimum Gasteiger partial charge on any atom is -0.298 e. The third-order valence-corrected chi connectivity index (χ3v) is 2.76. The second kappa shape index (κ2) is 4.09. The number of carbonyl (C=O) groups excluding carboxylic acids is 3. The highest BCUT2D eigenvalue weighted by Crippen LogP contribution is 2.26. The first-order valence-electron chi connectivity index (χ1n) is 5.14. The fraction of sp³-hybridized carbons (Fsp3) is 0.583. The first-order valence-corrected chi connectivity index (χ1v) is 5.14. The average molecular weight is 208 g/mol. The van der Waals surface area contributed by atoms with Crippen LogP contribution in [0.1, 0.15) is 34.1 Å². The van der Waals surface area contributed by atoms with Gasteiger partial charge in [0.05, 0.1) is 0 Å². The molecule has 0 radical (unpaired) electrons. The van der Waals surface area contributed by atoms with Crippen molar-refractivity contribution in [1.29, 1.82) is 0 Å². The van der Waals surface area contributed by atoms with Crippen molar-refractivity contribution in [3.8, 4) is 0 Å². The van der Waals surface area contributed by atoms with Gasteiger partial charge in [-0.3, -0.25) is 14.4 Å². The summed E-state index contributed by atoms with van der Waals surface area (Å²) in [4.78, 5) is 35.0. The van der Waals surface area contributed by atoms with E-state index in [9.17, 15) is 14.4 Å². The van der Waals surface area contributed by atoms with E-state index in [1.165, 1.54) is 0 Å². The maximum absolute atomic E-state index is 11.7. The molecule has 0 bridgehead atoms. The molecule has 0 aliphatic heterocycles. The summed E-state index contributed by atoms with van der Waals surface area (Å²) in [6, 6.07) is 0. The second-order valence-electron chi connectivity index (χ2n) is 4.48. The summed E-state index contributed by atoms with van der Waals surface area (Å²) in [5.41, 5.74) is 0.893. The van der Waals surface area contributed by atoms with Crippen LogP contribution in [0.4, 0.5) is 0 Å². The number of carbonyl (C=O) groups is 3. The molecule has 0 aromatic rings. The van der Waals surface area contributed by atoms with E-state index in [1.807, 2.05) is 13.8 Å². The van der Waals surface area contributed by atoms with Crippen LogP contribution in [-0.4, -0.2) is 17.3 Å². The van der Waals surface area contributed by atoms with Gasteiger partial charge in [-0.2, -0.15) is 0 Å². The number of ketones is 3. The molecule has 0 saturated carbocycles. The Balaban J connectivity index is 2.88. The Morgan fingerprint density at radius 2 is 1.53 bits per heavy atom. The minimum absolute atomic E-state index is 0.180. The van der Waals surface area contributed by atoms with Crippen molar-refractivity contribution in [2.24, 2.45) is 11.8 Å². The van der Waals surface area contributed by atoms with Crippen molar-refractivity contribution < 1.29 is 14.4 Å². The summed E-state index contributed by atoms with van der Waals surface area (Å²) in [5.74, 6) is -1.70. The monoisotopic (exact) mass is 208 g/mol. The molecule has 82 valence electrons. The normalized spacial score (nSPS) is 18.2. The predicted molar refractivity (Wildman–Crippen MR) is 56.3 cm³/mol. The summed E-state index contributed by atoms with van der Waals surface area (Å²) in [5, 5.41) is 0. The van der Waals surface area contributed by atoms with Crippen molar-refractivity contribution in [2.75, 3.05) is 0 Å². The Kier molecular flexibility index (Phi) is 3.22. The Morgan fingerprint density at radius 1 is 1.13 bits per heavy atom. The van der Waals surface area contributed by atoms with Crippen LogP contribution in [0.25, 0.3) is 0 Å². The van der Waals surface area contributed by atoms with E-state index in [2.05, 4.69) is 0 Å². The van der Waals surface area contributed by atoms with Crippen LogP contribution in [-0.2, 0) is 14.4 Å². The lowest BCUT2D eigenvalue weighted by Crippen LogP contribution is -2.28. The summed E-state index contributed by atoms with van der Waals surface area (Å²) < 4.78 is 0. The van der Waals surface area contributed by atoms with Crippen molar-refractivity contribution in [3.05, 3.63) is 11.1 Å². The van der Waals surface area contributed by atoms with Crippen molar-refractivity contribution in [3.63, 3.8) is 0 Å². The lowest BCUT2D eigenvalue weighted by Gasteiger charge is -2.08. The molecule has 0 N–H and O–H groups in total. The molecule has 0 heterocycles. The molecular formula is C12H16O3. The summed E-state index contributed by atoms with van der Waals surface area (Å²) >= 11 is 0. The Morgan fingerprint density at radius 3 is 1.87 bits per heavy atom. The quantitative estimate of drug-likeness (QED) is 0.663. The highest BCUT2D eigenvalue weighted by molar-refractivity contribution is 6.33. The molecule has 0 aromatic heterocycles. The van der Waals surface area contributed by atoms with Gasteiger partial charge in [-0.15, -0.1) is 0 Å². The number of rotatable bonds is 3. The third-order valence-electron chi connectivity index (χ3n) is 2.76. The van der Waals surface area contributed by atoms with E-state index < -0.39 is 5.92 Å². The third kappa shape index (κ3) is 2.06. The number of hydrogen-bond acceptors (Lipinski definition) is 3. The van der Waals surface area contributed by atoms with Crippen LogP contribution in [0.15, 0.2) is 11.1 Å². The largest absolute Gasteiger partial charge is 0.298 e. The number of hydrogen-bond donors (Lipinski definition) is 0. The lowest BCUT2D eigenvalue weighted by atomic mass is 9.92. The van der Waals surface area contributed by atoms with Gasteiger partial charge in [-0.05, 0) is 30.9 Å². The molecule has 3 heteroatoms. The van der Waals surface area contributed by atoms with Crippen LogP contribution in [0.3, 0.4) is 0 Å². The molecular weight excluding hydrogens is 192 g/mol. The molecule has 0 fully saturated rings. The zero-order valence-electron chi connectivity index (χ0n) is 9.59. The lowest BCUT2D eigenvalue weighted by molar-refractivity contribution is -0.135. The molecule has 0 saturated heterocycles. The van der Waals surface area contributed by atoms with E-state index in [0.717, 1.165) is 0 Å². The molecule has 0 amide bonds. The number of allylic oxidation sites excluding steroid dienone is 2. The molecule has 0 aromatic carbocycles. The molecule has 1 aliphatic carbocycles. The summed E-state index contributed by atoms with van der Waals surface area (Å²) in [7, 11) is 0. The van der Waals surface area contributed by atoms with Gasteiger partial charge in [-0.25, -0.2) is 0 Å². The van der Waals surface area contributed by atoms with Gasteiger partial charge in [0.2, 0.25) is 0 Å². The fourth-order valence-corrected chi connectivity index (χ4v) is 1.73. The Labute approximate surface area is 89.5 Å². The van der Waals surface area contributed by atoms with E-state index in [1.54, 1.807) is 13.8 Å². The first kappa shape index (κ1) is 11.8. The van der Waals surface area contributed by atoms with Gasteiger partial charge in [0.1, 0.15) is 5.92 Å². The van der Waals surface area contributed by atoms with Gasteiger partial charge >= 0.3 is 0 Å². The van der Waals surface area contributed by atoms with Crippen LogP contribution in [0, 0.1) is 11.8 Å². The van der Waals surface area contributed by atoms with E-state index in [-0.39, 0.29) is 23.3 Å². The zero-order valence-corrected chi connectivity index (χ0v) is 9.59. The first-order chi connectivity index (χ1) is 6.86. The van der Waals surface area contributed by atoms with Crippen LogP contribution in [0.2, 0.25) is 0 Å². The topological polar surface area (TPSA) is 51.2 Å². The van der Waals surface area contributed by atoms with Crippen LogP contribution < -0.4 is 0 Å². The smallest absolute Gasteiger partial charge is 0.177 e. The molecule has 1 rings (SSSR count). The van der Waals surface area contributed by atoms with E-state index in [0.29, 0.717) is 17.6 Å². The van der Waals surface area contributed by atoms with Gasteiger partial charge in [0.15, 0.2) is 17.3 Å². The standard InChI is InChI=1S/C12H16O3/c1-6(2)5-9(13)10-11(14)7(3)8(4)12(10)15/h6,10H,5H2,1-4H3. The van der Waals surface area contributed by atoms with Gasteiger partial charge in [0, 0.05) is 6.42 Å². The molecule has 3 nitrogen and oxygen atoms in total. The zero-order chi connectivity index (χ0) is 11.7. The highest BCUT2D eigenvalue weighted by atomic mass is 16.2. The summed E-state index contributed by atoms with van der Waals surface area (Å²) in [6.45, 7) is 7.01. The second-order valence-corrected chi connectivity index (χ2v) is 4.48. The van der Waals surface area contributed by atoms with Gasteiger partial charge in [-0.1, -0.05) is 13.8 Å². The molecule has 0 atom stereocenters. The van der Waals surface area contributed by atoms with Gasteiger partial charge < -0.3 is 0 Å². The SMILES string of the molecule is CC1=C(C)C(=O)C(C(=O)CC(C)C)C1=O. The van der Waals surface area contributed by atoms with Crippen LogP contribution in [0.5, 0.6) is 0 Å². The Bertz CT molecular complexity index is 337. The highest BCUT2D eigenvalue weighted by Gasteiger charge is 2.41. The maximum Gasteiger partial charge on any atom is 0.177 e. The van der Waals surface area contributed by atoms with Crippen LogP contribution >= 0.6 is 0 Å². The molecule has 0 spiro atoms. The number of Topliss-reactive ketones (excluding diaryl/α,β-unsaturated/α-hetero) is 3. The van der Waals surface area contributed by atoms with Crippen molar-refractivity contribution >= 4 is 17.3 Å². The minimum atomic E-state index is -1.03.